The minimum atomic E-state index is 0.469. The van der Waals surface area contributed by atoms with Crippen LogP contribution in [0.15, 0.2) is 12.1 Å². The lowest BCUT2D eigenvalue weighted by molar-refractivity contribution is 0.366. The van der Waals surface area contributed by atoms with Crippen molar-refractivity contribution in [3.8, 4) is 0 Å². The van der Waals surface area contributed by atoms with E-state index in [0.29, 0.717) is 6.04 Å². The Kier molecular flexibility index (Phi) is 4.53. The first-order valence-corrected chi connectivity index (χ1v) is 6.94. The van der Waals surface area contributed by atoms with Gasteiger partial charge < -0.3 is 10.2 Å². The van der Waals surface area contributed by atoms with E-state index in [1.807, 2.05) is 13.0 Å². The molecule has 0 amide bonds. The van der Waals surface area contributed by atoms with Gasteiger partial charge >= 0.3 is 0 Å². The Morgan fingerprint density at radius 1 is 1.28 bits per heavy atom. The van der Waals surface area contributed by atoms with Crippen molar-refractivity contribution in [2.45, 2.75) is 39.7 Å². The zero-order chi connectivity index (χ0) is 13.0. The number of nitrogens with one attached hydrogen (secondary N) is 1. The molecule has 0 aliphatic carbocycles. The Bertz CT molecular complexity index is 355. The zero-order valence-electron chi connectivity index (χ0n) is 11.7. The summed E-state index contributed by atoms with van der Waals surface area (Å²) in [5.41, 5.74) is 0.976. The number of hydrogen-bond acceptors (Lipinski definition) is 4. The molecule has 1 N–H and O–H groups in total. The smallest absolute Gasteiger partial charge is 0.151 e. The van der Waals surface area contributed by atoms with Crippen LogP contribution in [0.1, 0.15) is 32.4 Å². The Balaban J connectivity index is 2.05. The van der Waals surface area contributed by atoms with Crippen molar-refractivity contribution in [1.29, 1.82) is 0 Å². The van der Waals surface area contributed by atoms with Gasteiger partial charge in [0.25, 0.3) is 0 Å². The van der Waals surface area contributed by atoms with Gasteiger partial charge in [0, 0.05) is 12.6 Å². The third-order valence-electron chi connectivity index (χ3n) is 3.62. The van der Waals surface area contributed by atoms with Gasteiger partial charge in [0.2, 0.25) is 0 Å². The Morgan fingerprint density at radius 3 is 2.56 bits per heavy atom. The third kappa shape index (κ3) is 3.42. The van der Waals surface area contributed by atoms with Crippen molar-refractivity contribution in [3.05, 3.63) is 17.8 Å². The molecule has 1 fully saturated rings. The monoisotopic (exact) mass is 248 g/mol. The minimum absolute atomic E-state index is 0.469. The van der Waals surface area contributed by atoms with E-state index < -0.39 is 0 Å². The molecule has 1 aromatic heterocycles. The highest BCUT2D eigenvalue weighted by atomic mass is 15.3. The fourth-order valence-corrected chi connectivity index (χ4v) is 2.46. The molecule has 2 rings (SSSR count). The topological polar surface area (TPSA) is 41.0 Å². The van der Waals surface area contributed by atoms with Gasteiger partial charge in [0.1, 0.15) is 0 Å². The number of aryl methyl sites for hydroxylation is 1. The first-order chi connectivity index (χ1) is 8.66. The maximum atomic E-state index is 4.33. The van der Waals surface area contributed by atoms with Crippen LogP contribution in [0.5, 0.6) is 0 Å². The van der Waals surface area contributed by atoms with Gasteiger partial charge in [0.05, 0.1) is 5.69 Å². The average Bonchev–Trinajstić information content (AvgIpc) is 2.38. The largest absolute Gasteiger partial charge is 0.352 e. The molecule has 4 heteroatoms. The normalized spacial score (nSPS) is 17.1. The predicted molar refractivity (Wildman–Crippen MR) is 74.8 cm³/mol. The Morgan fingerprint density at radius 2 is 2.00 bits per heavy atom. The molecule has 0 spiro atoms. The summed E-state index contributed by atoms with van der Waals surface area (Å²) in [4.78, 5) is 2.38. The molecule has 0 atom stereocenters. The molecule has 1 aromatic rings. The Hall–Kier alpha value is -1.16. The average molecular weight is 248 g/mol. The van der Waals surface area contributed by atoms with E-state index in [9.17, 15) is 0 Å². The van der Waals surface area contributed by atoms with Gasteiger partial charge in [-0.05, 0) is 64.8 Å². The minimum Gasteiger partial charge on any atom is -0.352 e. The first kappa shape index (κ1) is 13.3. The first-order valence-electron chi connectivity index (χ1n) is 6.94. The quantitative estimate of drug-likeness (QED) is 0.885. The molecule has 0 unspecified atom stereocenters. The molecule has 0 saturated carbocycles. The molecule has 2 heterocycles. The van der Waals surface area contributed by atoms with Crippen LogP contribution < -0.4 is 10.2 Å². The molecule has 1 aliphatic rings. The van der Waals surface area contributed by atoms with E-state index in [0.717, 1.165) is 37.1 Å². The zero-order valence-corrected chi connectivity index (χ0v) is 11.7. The molecule has 1 aliphatic heterocycles. The fraction of sp³-hybridized carbons (Fsp3) is 0.714. The van der Waals surface area contributed by atoms with Crippen LogP contribution in [0.2, 0.25) is 0 Å². The number of aromatic nitrogens is 2. The van der Waals surface area contributed by atoms with Crippen LogP contribution in [-0.2, 0) is 0 Å². The van der Waals surface area contributed by atoms with Gasteiger partial charge in [-0.25, -0.2) is 0 Å². The molecule has 18 heavy (non-hydrogen) atoms. The second-order valence-corrected chi connectivity index (χ2v) is 5.47. The SMILES string of the molecule is Cc1ccc(N(CC2CCNCC2)C(C)C)nn1. The summed E-state index contributed by atoms with van der Waals surface area (Å²) in [5, 5.41) is 11.9. The molecule has 0 radical (unpaired) electrons. The molecule has 4 nitrogen and oxygen atoms in total. The summed E-state index contributed by atoms with van der Waals surface area (Å²) in [6, 6.07) is 4.60. The van der Waals surface area contributed by atoms with E-state index in [4.69, 9.17) is 0 Å². The highest BCUT2D eigenvalue weighted by Gasteiger charge is 2.20. The van der Waals surface area contributed by atoms with Gasteiger partial charge in [-0.1, -0.05) is 0 Å². The van der Waals surface area contributed by atoms with E-state index in [-0.39, 0.29) is 0 Å². The lowest BCUT2D eigenvalue weighted by Crippen LogP contribution is -2.40. The van der Waals surface area contributed by atoms with Crippen LogP contribution >= 0.6 is 0 Å². The maximum Gasteiger partial charge on any atom is 0.151 e. The highest BCUT2D eigenvalue weighted by molar-refractivity contribution is 5.38. The van der Waals surface area contributed by atoms with Crippen molar-refractivity contribution < 1.29 is 0 Å². The lowest BCUT2D eigenvalue weighted by Gasteiger charge is -2.33. The van der Waals surface area contributed by atoms with Crippen LogP contribution in [0.3, 0.4) is 0 Å². The van der Waals surface area contributed by atoms with Gasteiger partial charge in [0.15, 0.2) is 5.82 Å². The standard InChI is InChI=1S/C14H24N4/c1-11(2)18(10-13-6-8-15-9-7-13)14-5-4-12(3)16-17-14/h4-5,11,13,15H,6-10H2,1-3H3. The summed E-state index contributed by atoms with van der Waals surface area (Å²) in [7, 11) is 0. The summed E-state index contributed by atoms with van der Waals surface area (Å²) in [6.07, 6.45) is 2.53. The molecule has 100 valence electrons. The molecule has 0 bridgehead atoms. The fourth-order valence-electron chi connectivity index (χ4n) is 2.46. The predicted octanol–water partition coefficient (Wildman–Crippen LogP) is 2.00. The van der Waals surface area contributed by atoms with Crippen LogP contribution in [-0.4, -0.2) is 35.9 Å². The molecular formula is C14H24N4. The lowest BCUT2D eigenvalue weighted by atomic mass is 9.97. The molecule has 1 saturated heterocycles. The van der Waals surface area contributed by atoms with Crippen LogP contribution in [0, 0.1) is 12.8 Å². The molecule has 0 aromatic carbocycles. The summed E-state index contributed by atoms with van der Waals surface area (Å²) in [6.45, 7) is 9.82. The van der Waals surface area contributed by atoms with Crippen molar-refractivity contribution in [1.82, 2.24) is 15.5 Å². The van der Waals surface area contributed by atoms with Crippen molar-refractivity contribution in [2.24, 2.45) is 5.92 Å². The summed E-state index contributed by atoms with van der Waals surface area (Å²) < 4.78 is 0. The second kappa shape index (κ2) is 6.14. The maximum absolute atomic E-state index is 4.33. The van der Waals surface area contributed by atoms with Crippen molar-refractivity contribution in [2.75, 3.05) is 24.5 Å². The second-order valence-electron chi connectivity index (χ2n) is 5.47. The van der Waals surface area contributed by atoms with E-state index in [1.54, 1.807) is 0 Å². The summed E-state index contributed by atoms with van der Waals surface area (Å²) >= 11 is 0. The van der Waals surface area contributed by atoms with Crippen molar-refractivity contribution >= 4 is 5.82 Å². The summed E-state index contributed by atoms with van der Waals surface area (Å²) in [5.74, 6) is 1.78. The van der Waals surface area contributed by atoms with Crippen LogP contribution in [0.4, 0.5) is 5.82 Å². The number of anilines is 1. The van der Waals surface area contributed by atoms with Crippen molar-refractivity contribution in [3.63, 3.8) is 0 Å². The van der Waals surface area contributed by atoms with Gasteiger partial charge in [-0.15, -0.1) is 5.10 Å². The highest BCUT2D eigenvalue weighted by Crippen LogP contribution is 2.19. The van der Waals surface area contributed by atoms with Gasteiger partial charge in [-0.3, -0.25) is 0 Å². The van der Waals surface area contributed by atoms with Gasteiger partial charge in [-0.2, -0.15) is 5.10 Å². The number of piperidine rings is 1. The van der Waals surface area contributed by atoms with E-state index in [2.05, 4.69) is 40.3 Å². The number of rotatable bonds is 4. The molecular weight excluding hydrogens is 224 g/mol. The third-order valence-corrected chi connectivity index (χ3v) is 3.62. The number of nitrogens with zero attached hydrogens (tertiary/aromatic N) is 3. The number of hydrogen-bond donors (Lipinski definition) is 1. The Labute approximate surface area is 110 Å². The van der Waals surface area contributed by atoms with Crippen LogP contribution in [0.25, 0.3) is 0 Å². The van der Waals surface area contributed by atoms with E-state index in [1.165, 1.54) is 12.8 Å². The van der Waals surface area contributed by atoms with E-state index >= 15 is 0 Å².